The molecule has 21 heavy (non-hydrogen) atoms. The predicted octanol–water partition coefficient (Wildman–Crippen LogP) is 3.70. The molecule has 2 aromatic rings. The quantitative estimate of drug-likeness (QED) is 0.370. The van der Waals surface area contributed by atoms with Crippen molar-refractivity contribution in [1.29, 1.82) is 5.26 Å². The Morgan fingerprint density at radius 1 is 1.00 bits per heavy atom. The minimum absolute atomic E-state index is 0.0488. The first-order chi connectivity index (χ1) is 10.3. The van der Waals surface area contributed by atoms with Crippen LogP contribution in [-0.4, -0.2) is 5.97 Å². The molecule has 0 saturated heterocycles. The van der Waals surface area contributed by atoms with Gasteiger partial charge in [-0.25, -0.2) is 4.79 Å². The molecule has 0 amide bonds. The first-order valence-electron chi connectivity index (χ1n) is 6.35. The molecule has 0 radical (unpaired) electrons. The Morgan fingerprint density at radius 3 is 1.86 bits per heavy atom. The summed E-state index contributed by atoms with van der Waals surface area (Å²) < 4.78 is 4.76. The van der Waals surface area contributed by atoms with Crippen LogP contribution in [0.25, 0.3) is 5.57 Å². The average Bonchev–Trinajstić information content (AvgIpc) is 2.54. The van der Waals surface area contributed by atoms with Crippen LogP contribution in [0.5, 0.6) is 0 Å². The Kier molecular flexibility index (Phi) is 4.68. The van der Waals surface area contributed by atoms with Gasteiger partial charge in [-0.05, 0) is 11.1 Å². The van der Waals surface area contributed by atoms with Crippen molar-refractivity contribution in [2.45, 2.75) is 0 Å². The van der Waals surface area contributed by atoms with E-state index in [4.69, 9.17) is 4.74 Å². The van der Waals surface area contributed by atoms with Gasteiger partial charge in [-0.2, -0.15) is 5.26 Å². The van der Waals surface area contributed by atoms with Crippen molar-refractivity contribution >= 4 is 11.5 Å². The maximum absolute atomic E-state index is 12.0. The smallest absolute Gasteiger partial charge is 0.354 e. The van der Waals surface area contributed by atoms with E-state index in [1.165, 1.54) is 0 Å². The number of hydrogen-bond acceptors (Lipinski definition) is 3. The summed E-state index contributed by atoms with van der Waals surface area (Å²) in [6.45, 7) is 3.35. The van der Waals surface area contributed by atoms with Crippen molar-refractivity contribution in [2.75, 3.05) is 0 Å². The van der Waals surface area contributed by atoms with Gasteiger partial charge in [-0.1, -0.05) is 67.2 Å². The lowest BCUT2D eigenvalue weighted by Crippen LogP contribution is -2.06. The molecule has 0 saturated carbocycles. The molecular weight excluding hydrogens is 262 g/mol. The van der Waals surface area contributed by atoms with Crippen molar-refractivity contribution < 1.29 is 9.53 Å². The second-order valence-electron chi connectivity index (χ2n) is 4.17. The Morgan fingerprint density at radius 2 is 1.48 bits per heavy atom. The number of nitrogens with zero attached hydrogens (tertiary/aromatic N) is 1. The van der Waals surface area contributed by atoms with Crippen LogP contribution in [0.1, 0.15) is 11.1 Å². The largest absolute Gasteiger partial charge is 0.431 e. The molecule has 2 aromatic carbocycles. The zero-order valence-electron chi connectivity index (χ0n) is 11.3. The van der Waals surface area contributed by atoms with Gasteiger partial charge in [-0.15, -0.1) is 0 Å². The number of rotatable bonds is 4. The van der Waals surface area contributed by atoms with Crippen molar-refractivity contribution in [3.05, 3.63) is 90.2 Å². The van der Waals surface area contributed by atoms with Crippen LogP contribution >= 0.6 is 0 Å². The summed E-state index contributed by atoms with van der Waals surface area (Å²) in [6, 6.07) is 20.5. The summed E-state index contributed by atoms with van der Waals surface area (Å²) in [5, 5.41) is 9.37. The van der Waals surface area contributed by atoms with Gasteiger partial charge in [0.05, 0.1) is 6.26 Å². The van der Waals surface area contributed by atoms with Crippen LogP contribution in [0.15, 0.2) is 79.1 Å². The standard InChI is InChI=1S/C18H13NO2/c1-2-21-18(20)16(13-19)17(14-9-5-3-6-10-14)15-11-7-4-8-12-15/h2-12H,1H2. The van der Waals surface area contributed by atoms with Crippen molar-refractivity contribution in [1.82, 2.24) is 0 Å². The summed E-state index contributed by atoms with van der Waals surface area (Å²) in [6.07, 6.45) is 1.02. The lowest BCUT2D eigenvalue weighted by atomic mass is 9.93. The Bertz CT molecular complexity index is 668. The van der Waals surface area contributed by atoms with E-state index in [1.807, 2.05) is 66.7 Å². The summed E-state index contributed by atoms with van der Waals surface area (Å²) >= 11 is 0. The lowest BCUT2D eigenvalue weighted by Gasteiger charge is -2.10. The van der Waals surface area contributed by atoms with Gasteiger partial charge in [0.2, 0.25) is 0 Å². The molecule has 2 rings (SSSR count). The van der Waals surface area contributed by atoms with Gasteiger partial charge in [0.25, 0.3) is 0 Å². The predicted molar refractivity (Wildman–Crippen MR) is 80.8 cm³/mol. The van der Waals surface area contributed by atoms with E-state index >= 15 is 0 Å². The fourth-order valence-corrected chi connectivity index (χ4v) is 2.00. The number of benzene rings is 2. The molecule has 0 bridgehead atoms. The van der Waals surface area contributed by atoms with Gasteiger partial charge in [0.1, 0.15) is 11.6 Å². The van der Waals surface area contributed by atoms with Crippen molar-refractivity contribution in [3.8, 4) is 6.07 Å². The zero-order chi connectivity index (χ0) is 15.1. The highest BCUT2D eigenvalue weighted by molar-refractivity contribution is 6.05. The maximum Gasteiger partial charge on any atom is 0.354 e. The van der Waals surface area contributed by atoms with E-state index in [9.17, 15) is 10.1 Å². The second kappa shape index (κ2) is 6.88. The van der Waals surface area contributed by atoms with E-state index in [-0.39, 0.29) is 5.57 Å². The van der Waals surface area contributed by atoms with E-state index in [1.54, 1.807) is 0 Å². The molecule has 3 heteroatoms. The van der Waals surface area contributed by atoms with Gasteiger partial charge < -0.3 is 4.74 Å². The first kappa shape index (κ1) is 14.3. The number of ether oxygens (including phenoxy) is 1. The van der Waals surface area contributed by atoms with Crippen LogP contribution in [0.4, 0.5) is 0 Å². The van der Waals surface area contributed by atoms with E-state index in [2.05, 4.69) is 6.58 Å². The average molecular weight is 275 g/mol. The van der Waals surface area contributed by atoms with Crippen LogP contribution in [0.3, 0.4) is 0 Å². The van der Waals surface area contributed by atoms with E-state index in [0.29, 0.717) is 5.57 Å². The van der Waals surface area contributed by atoms with Crippen LogP contribution in [0.2, 0.25) is 0 Å². The molecule has 0 aromatic heterocycles. The Hall–Kier alpha value is -3.12. The fourth-order valence-electron chi connectivity index (χ4n) is 2.00. The van der Waals surface area contributed by atoms with Gasteiger partial charge in [0.15, 0.2) is 0 Å². The first-order valence-corrected chi connectivity index (χ1v) is 6.35. The highest BCUT2D eigenvalue weighted by Crippen LogP contribution is 2.27. The third-order valence-electron chi connectivity index (χ3n) is 2.88. The maximum atomic E-state index is 12.0. The molecule has 0 unspecified atom stereocenters. The van der Waals surface area contributed by atoms with Crippen molar-refractivity contribution in [2.24, 2.45) is 0 Å². The molecule has 0 atom stereocenters. The lowest BCUT2D eigenvalue weighted by molar-refractivity contribution is -0.133. The Balaban J connectivity index is 2.69. The van der Waals surface area contributed by atoms with Crippen molar-refractivity contribution in [3.63, 3.8) is 0 Å². The summed E-state index contributed by atoms with van der Waals surface area (Å²) in [4.78, 5) is 12.0. The second-order valence-corrected chi connectivity index (χ2v) is 4.17. The molecule has 0 aliphatic carbocycles. The molecule has 0 aliphatic rings. The number of carbonyl (C=O) groups is 1. The minimum atomic E-state index is -0.713. The molecule has 0 spiro atoms. The summed E-state index contributed by atoms with van der Waals surface area (Å²) in [5.74, 6) is -0.713. The topological polar surface area (TPSA) is 50.1 Å². The molecule has 0 N–H and O–H groups in total. The highest BCUT2D eigenvalue weighted by atomic mass is 16.5. The molecule has 0 fully saturated rings. The minimum Gasteiger partial charge on any atom is -0.431 e. The monoisotopic (exact) mass is 275 g/mol. The molecule has 0 heterocycles. The zero-order valence-corrected chi connectivity index (χ0v) is 11.3. The number of hydrogen-bond donors (Lipinski definition) is 0. The van der Waals surface area contributed by atoms with Gasteiger partial charge in [0, 0.05) is 5.57 Å². The Labute approximate surface area is 123 Å². The van der Waals surface area contributed by atoms with Crippen LogP contribution < -0.4 is 0 Å². The van der Waals surface area contributed by atoms with Crippen LogP contribution in [0, 0.1) is 11.3 Å². The highest BCUT2D eigenvalue weighted by Gasteiger charge is 2.19. The molecule has 3 nitrogen and oxygen atoms in total. The molecule has 0 aliphatic heterocycles. The van der Waals surface area contributed by atoms with Gasteiger partial charge in [-0.3, -0.25) is 0 Å². The van der Waals surface area contributed by atoms with E-state index in [0.717, 1.165) is 17.4 Å². The summed E-state index contributed by atoms with van der Waals surface area (Å²) in [5.41, 5.74) is 2.06. The number of carbonyl (C=O) groups excluding carboxylic acids is 1. The number of nitriles is 1. The third kappa shape index (κ3) is 3.26. The normalized spacial score (nSPS) is 9.29. The fraction of sp³-hybridized carbons (Fsp3) is 0. The van der Waals surface area contributed by atoms with Crippen LogP contribution in [-0.2, 0) is 9.53 Å². The van der Waals surface area contributed by atoms with Gasteiger partial charge >= 0.3 is 5.97 Å². The third-order valence-corrected chi connectivity index (χ3v) is 2.88. The number of esters is 1. The summed E-state index contributed by atoms with van der Waals surface area (Å²) in [7, 11) is 0. The molecule has 102 valence electrons. The molecular formula is C18H13NO2. The SMILES string of the molecule is C=COC(=O)C(C#N)=C(c1ccccc1)c1ccccc1. The van der Waals surface area contributed by atoms with E-state index < -0.39 is 5.97 Å².